The van der Waals surface area contributed by atoms with Gasteiger partial charge >= 0.3 is 0 Å². The van der Waals surface area contributed by atoms with Crippen molar-refractivity contribution in [2.24, 2.45) is 0 Å². The molecular formula is C22H25ClN4O3S. The zero-order valence-electron chi connectivity index (χ0n) is 17.5. The van der Waals surface area contributed by atoms with Gasteiger partial charge in [0.1, 0.15) is 6.07 Å². The Morgan fingerprint density at radius 2 is 1.71 bits per heavy atom. The Kier molecular flexibility index (Phi) is 7.02. The highest BCUT2D eigenvalue weighted by Crippen LogP contribution is 2.23. The lowest BCUT2D eigenvalue weighted by atomic mass is 9.94. The molecule has 9 heteroatoms. The second-order valence-corrected chi connectivity index (χ2v) is 10.2. The van der Waals surface area contributed by atoms with Gasteiger partial charge in [0.25, 0.3) is 0 Å². The first-order valence-electron chi connectivity index (χ1n) is 9.93. The maximum absolute atomic E-state index is 12.9. The number of amides is 1. The normalized spacial score (nSPS) is 15.5. The van der Waals surface area contributed by atoms with Crippen LogP contribution < -0.4 is 5.32 Å². The van der Waals surface area contributed by atoms with E-state index in [1.54, 1.807) is 17.0 Å². The van der Waals surface area contributed by atoms with Crippen LogP contribution in [0.15, 0.2) is 53.4 Å². The van der Waals surface area contributed by atoms with Crippen LogP contribution in [0.3, 0.4) is 0 Å². The molecule has 1 aliphatic heterocycles. The van der Waals surface area contributed by atoms with Crippen molar-refractivity contribution >= 4 is 27.5 Å². The maximum atomic E-state index is 12.9. The third kappa shape index (κ3) is 5.25. The second-order valence-electron chi connectivity index (χ2n) is 7.88. The van der Waals surface area contributed by atoms with E-state index in [0.717, 1.165) is 5.56 Å². The number of hydrogen-bond donors (Lipinski definition) is 1. The van der Waals surface area contributed by atoms with Crippen LogP contribution in [-0.4, -0.2) is 56.3 Å². The van der Waals surface area contributed by atoms with Crippen LogP contribution in [0.25, 0.3) is 0 Å². The smallest absolute Gasteiger partial charge is 0.244 e. The first kappa shape index (κ1) is 23.2. The molecule has 164 valence electrons. The average Bonchev–Trinajstić information content (AvgIpc) is 2.78. The molecule has 0 radical (unpaired) electrons. The highest BCUT2D eigenvalue weighted by atomic mass is 35.5. The molecular weight excluding hydrogens is 436 g/mol. The number of nitrogens with one attached hydrogen (secondary N) is 1. The maximum Gasteiger partial charge on any atom is 0.244 e. The molecule has 31 heavy (non-hydrogen) atoms. The minimum Gasteiger partial charge on any atom is -0.339 e. The molecule has 3 rings (SSSR count). The number of carbonyl (C=O) groups is 1. The lowest BCUT2D eigenvalue weighted by Crippen LogP contribution is -2.53. The van der Waals surface area contributed by atoms with E-state index in [0.29, 0.717) is 18.1 Å². The molecule has 1 N–H and O–H groups in total. The van der Waals surface area contributed by atoms with E-state index in [9.17, 15) is 18.5 Å². The number of hydrogen-bond acceptors (Lipinski definition) is 5. The Hall–Kier alpha value is -2.44. The van der Waals surface area contributed by atoms with Gasteiger partial charge in [-0.2, -0.15) is 9.57 Å². The van der Waals surface area contributed by atoms with E-state index in [2.05, 4.69) is 5.32 Å². The predicted octanol–water partition coefficient (Wildman–Crippen LogP) is 2.57. The highest BCUT2D eigenvalue weighted by Gasteiger charge is 2.32. The number of rotatable bonds is 6. The molecule has 1 aliphatic rings. The van der Waals surface area contributed by atoms with Crippen molar-refractivity contribution in [2.45, 2.75) is 24.3 Å². The first-order valence-corrected chi connectivity index (χ1v) is 11.7. The summed E-state index contributed by atoms with van der Waals surface area (Å²) >= 11 is 5.95. The van der Waals surface area contributed by atoms with E-state index in [1.807, 2.05) is 44.2 Å². The third-order valence-electron chi connectivity index (χ3n) is 5.46. The largest absolute Gasteiger partial charge is 0.339 e. The van der Waals surface area contributed by atoms with Gasteiger partial charge in [-0.15, -0.1) is 0 Å². The minimum atomic E-state index is -3.78. The van der Waals surface area contributed by atoms with Gasteiger partial charge in [-0.3, -0.25) is 10.1 Å². The lowest BCUT2D eigenvalue weighted by molar-refractivity contribution is -0.131. The Labute approximate surface area is 188 Å². The summed E-state index contributed by atoms with van der Waals surface area (Å²) in [5, 5.41) is 13.1. The van der Waals surface area contributed by atoms with Crippen molar-refractivity contribution in [1.82, 2.24) is 14.5 Å². The first-order chi connectivity index (χ1) is 14.6. The fourth-order valence-electron chi connectivity index (χ4n) is 3.48. The molecule has 1 heterocycles. The van der Waals surface area contributed by atoms with E-state index in [1.165, 1.54) is 16.4 Å². The van der Waals surface area contributed by atoms with Crippen LogP contribution in [0.5, 0.6) is 0 Å². The number of carbonyl (C=O) groups excluding carboxylic acids is 1. The molecule has 0 aliphatic carbocycles. The Balaban J connectivity index is 1.58. The van der Waals surface area contributed by atoms with E-state index in [-0.39, 0.29) is 36.0 Å². The fraction of sp³-hybridized carbons (Fsp3) is 0.364. The molecule has 1 fully saturated rings. The van der Waals surface area contributed by atoms with Crippen molar-refractivity contribution in [3.63, 3.8) is 0 Å². The molecule has 2 aromatic rings. The van der Waals surface area contributed by atoms with Crippen molar-refractivity contribution in [1.29, 1.82) is 5.26 Å². The second kappa shape index (κ2) is 9.37. The lowest BCUT2D eigenvalue weighted by Gasteiger charge is -2.35. The van der Waals surface area contributed by atoms with Crippen LogP contribution in [-0.2, 0) is 20.4 Å². The number of halogens is 1. The van der Waals surface area contributed by atoms with Gasteiger partial charge < -0.3 is 4.90 Å². The summed E-state index contributed by atoms with van der Waals surface area (Å²) in [7, 11) is -3.78. The fourth-order valence-corrected chi connectivity index (χ4v) is 5.17. The number of nitrogens with zero attached hydrogens (tertiary/aromatic N) is 3. The van der Waals surface area contributed by atoms with Gasteiger partial charge in [-0.25, -0.2) is 8.42 Å². The topological polar surface area (TPSA) is 93.5 Å². The van der Waals surface area contributed by atoms with Gasteiger partial charge in [-0.05, 0) is 43.7 Å². The Morgan fingerprint density at radius 3 is 2.32 bits per heavy atom. The number of nitriles is 1. The Morgan fingerprint density at radius 1 is 1.10 bits per heavy atom. The van der Waals surface area contributed by atoms with Gasteiger partial charge in [0.2, 0.25) is 15.9 Å². The summed E-state index contributed by atoms with van der Waals surface area (Å²) in [5.74, 6) is -0.0866. The summed E-state index contributed by atoms with van der Waals surface area (Å²) < 4.78 is 27.2. The van der Waals surface area contributed by atoms with E-state index in [4.69, 9.17) is 11.6 Å². The van der Waals surface area contributed by atoms with Crippen LogP contribution in [0.2, 0.25) is 5.02 Å². The van der Waals surface area contributed by atoms with Gasteiger partial charge in [0.15, 0.2) is 0 Å². The molecule has 0 aromatic heterocycles. The molecule has 2 aromatic carbocycles. The van der Waals surface area contributed by atoms with Crippen molar-refractivity contribution in [2.75, 3.05) is 32.7 Å². The quantitative estimate of drug-likeness (QED) is 0.715. The van der Waals surface area contributed by atoms with Crippen LogP contribution in [0, 0.1) is 11.3 Å². The summed E-state index contributed by atoms with van der Waals surface area (Å²) in [6.45, 7) is 5.09. The number of piperazine rings is 1. The van der Waals surface area contributed by atoms with Crippen LogP contribution >= 0.6 is 11.6 Å². The molecule has 7 nitrogen and oxygen atoms in total. The summed E-state index contributed by atoms with van der Waals surface area (Å²) in [5.41, 5.74) is 0.707. The molecule has 0 atom stereocenters. The van der Waals surface area contributed by atoms with Gasteiger partial charge in [0.05, 0.1) is 17.0 Å². The van der Waals surface area contributed by atoms with Crippen LogP contribution in [0.4, 0.5) is 0 Å². The van der Waals surface area contributed by atoms with E-state index < -0.39 is 15.6 Å². The van der Waals surface area contributed by atoms with Crippen molar-refractivity contribution < 1.29 is 13.2 Å². The minimum absolute atomic E-state index is 0.00339. The highest BCUT2D eigenvalue weighted by molar-refractivity contribution is 7.89. The molecule has 1 amide bonds. The monoisotopic (exact) mass is 460 g/mol. The summed E-state index contributed by atoms with van der Waals surface area (Å²) in [4.78, 5) is 14.4. The third-order valence-corrected chi connectivity index (χ3v) is 7.67. The Bertz CT molecular complexity index is 1090. The average molecular weight is 461 g/mol. The van der Waals surface area contributed by atoms with E-state index >= 15 is 0 Å². The SMILES string of the molecule is CC(C)(NCC(=O)N1CCN(S(=O)(=O)c2ccccc2C#N)CC1)c1ccc(Cl)cc1. The van der Waals surface area contributed by atoms with Crippen LogP contribution in [0.1, 0.15) is 25.0 Å². The van der Waals surface area contributed by atoms with Gasteiger partial charge in [-0.1, -0.05) is 35.9 Å². The standard InChI is InChI=1S/C22H25ClN4O3S/c1-22(2,18-7-9-19(23)10-8-18)25-16-21(28)26-11-13-27(14-12-26)31(29,30)20-6-4-3-5-17(20)15-24/h3-10,25H,11-14,16H2,1-2H3. The predicted molar refractivity (Wildman–Crippen MR) is 119 cm³/mol. The zero-order chi connectivity index (χ0) is 22.6. The molecule has 0 unspecified atom stereocenters. The molecule has 0 saturated carbocycles. The van der Waals surface area contributed by atoms with Crippen molar-refractivity contribution in [3.8, 4) is 6.07 Å². The molecule has 1 saturated heterocycles. The zero-order valence-corrected chi connectivity index (χ0v) is 19.1. The summed E-state index contributed by atoms with van der Waals surface area (Å²) in [6.07, 6.45) is 0. The van der Waals surface area contributed by atoms with Gasteiger partial charge in [0, 0.05) is 36.7 Å². The molecule has 0 spiro atoms. The molecule has 0 bridgehead atoms. The number of benzene rings is 2. The van der Waals surface area contributed by atoms with Crippen molar-refractivity contribution in [3.05, 3.63) is 64.7 Å². The number of sulfonamides is 1. The summed E-state index contributed by atoms with van der Waals surface area (Å²) in [6, 6.07) is 15.5.